The monoisotopic (exact) mass is 469 g/mol. The Morgan fingerprint density at radius 1 is 1.06 bits per heavy atom. The van der Waals surface area contributed by atoms with Crippen LogP contribution in [0.3, 0.4) is 0 Å². The number of carboxylic acids is 2. The fourth-order valence-corrected chi connectivity index (χ4v) is 3.11. The maximum Gasteiger partial charge on any atom is 0.320 e. The van der Waals surface area contributed by atoms with Crippen LogP contribution in [0.1, 0.15) is 36.0 Å². The van der Waals surface area contributed by atoms with E-state index >= 15 is 0 Å². The summed E-state index contributed by atoms with van der Waals surface area (Å²) in [5.41, 5.74) is 14.4. The van der Waals surface area contributed by atoms with Gasteiger partial charge in [0.25, 0.3) is 0 Å². The largest absolute Gasteiger partial charge is 0.481 e. The van der Waals surface area contributed by atoms with E-state index < -0.39 is 18.0 Å². The van der Waals surface area contributed by atoms with Crippen LogP contribution in [0.4, 0.5) is 11.4 Å². The van der Waals surface area contributed by atoms with Gasteiger partial charge in [-0.05, 0) is 62.6 Å². The molecule has 0 aliphatic rings. The van der Waals surface area contributed by atoms with Crippen LogP contribution in [0, 0.1) is 13.8 Å². The fourth-order valence-electron chi connectivity index (χ4n) is 2.69. The lowest BCUT2D eigenvalue weighted by atomic mass is 10.1. The molecule has 2 rings (SSSR count). The maximum absolute atomic E-state index is 11.0. The number of anilines is 2. The molecule has 9 heteroatoms. The Morgan fingerprint density at radius 3 is 2.29 bits per heavy atom. The van der Waals surface area contributed by atoms with Gasteiger partial charge in [-0.25, -0.2) is 0 Å². The number of carboxylic acid groups (broad SMARTS) is 2. The molecule has 0 bridgehead atoms. The average Bonchev–Trinajstić information content (AvgIpc) is 2.70. The summed E-state index contributed by atoms with van der Waals surface area (Å²) in [6.07, 6.45) is 2.12. The van der Waals surface area contributed by atoms with Gasteiger partial charge in [-0.15, -0.1) is 0 Å². The number of halogens is 2. The Hall–Kier alpha value is -2.32. The third-order valence-electron chi connectivity index (χ3n) is 4.48. The van der Waals surface area contributed by atoms with Crippen molar-refractivity contribution in [1.82, 2.24) is 0 Å². The molecule has 1 atom stereocenters. The molecule has 0 saturated heterocycles. The summed E-state index contributed by atoms with van der Waals surface area (Å²) in [4.78, 5) is 21.1. The van der Waals surface area contributed by atoms with Crippen LogP contribution in [-0.4, -0.2) is 34.7 Å². The molecule has 0 unspecified atom stereocenters. The maximum atomic E-state index is 11.0. The third kappa shape index (κ3) is 9.14. The van der Waals surface area contributed by atoms with Gasteiger partial charge in [0.2, 0.25) is 0 Å². The van der Waals surface area contributed by atoms with Crippen molar-refractivity contribution >= 4 is 46.5 Å². The molecule has 0 fully saturated rings. The lowest BCUT2D eigenvalue weighted by Crippen LogP contribution is -2.29. The second-order valence-corrected chi connectivity index (χ2v) is 7.90. The molecule has 2 aromatic carbocycles. The Kier molecular flexibility index (Phi) is 11.3. The topological polar surface area (TPSA) is 139 Å². The van der Waals surface area contributed by atoms with Gasteiger partial charge in [0.1, 0.15) is 6.04 Å². The second-order valence-electron chi connectivity index (χ2n) is 7.12. The molecule has 0 heterocycles. The van der Waals surface area contributed by atoms with E-state index in [2.05, 4.69) is 5.32 Å². The van der Waals surface area contributed by atoms with Gasteiger partial charge in [0, 0.05) is 10.7 Å². The van der Waals surface area contributed by atoms with Gasteiger partial charge >= 0.3 is 11.9 Å². The SMILES string of the molecule is Cc1ccc(Nc2ccc(Cl)c(C)c2Cl)c(CC(=O)O)c1.NCCCC[C@H](N)C(=O)O. The molecule has 0 aromatic heterocycles. The van der Waals surface area contributed by atoms with E-state index in [9.17, 15) is 9.59 Å². The van der Waals surface area contributed by atoms with Gasteiger partial charge in [-0.2, -0.15) is 0 Å². The minimum Gasteiger partial charge on any atom is -0.481 e. The number of hydrogen-bond donors (Lipinski definition) is 5. The summed E-state index contributed by atoms with van der Waals surface area (Å²) in [7, 11) is 0. The number of rotatable bonds is 9. The van der Waals surface area contributed by atoms with Crippen molar-refractivity contribution in [3.8, 4) is 0 Å². The van der Waals surface area contributed by atoms with Gasteiger partial charge < -0.3 is 27.0 Å². The van der Waals surface area contributed by atoms with E-state index in [1.807, 2.05) is 32.0 Å². The van der Waals surface area contributed by atoms with E-state index in [0.717, 1.165) is 29.7 Å². The molecule has 0 spiro atoms. The molecule has 2 aromatic rings. The van der Waals surface area contributed by atoms with Crippen molar-refractivity contribution in [2.24, 2.45) is 11.5 Å². The number of aliphatic carboxylic acids is 2. The summed E-state index contributed by atoms with van der Waals surface area (Å²) in [6, 6.07) is 8.45. The normalized spacial score (nSPS) is 11.3. The summed E-state index contributed by atoms with van der Waals surface area (Å²) in [5.74, 6) is -1.81. The zero-order chi connectivity index (χ0) is 23.6. The number of benzene rings is 2. The molecular formula is C22H29Cl2N3O4. The van der Waals surface area contributed by atoms with Gasteiger partial charge in [0.15, 0.2) is 0 Å². The van der Waals surface area contributed by atoms with Gasteiger partial charge in [-0.3, -0.25) is 9.59 Å². The second kappa shape index (κ2) is 13.2. The highest BCUT2D eigenvalue weighted by Gasteiger charge is 2.11. The number of carbonyl (C=O) groups is 2. The first-order valence-corrected chi connectivity index (χ1v) is 10.5. The van der Waals surface area contributed by atoms with Crippen LogP contribution < -0.4 is 16.8 Å². The number of aryl methyl sites for hydroxylation is 1. The van der Waals surface area contributed by atoms with Crippen LogP contribution in [0.2, 0.25) is 10.0 Å². The van der Waals surface area contributed by atoms with Crippen molar-refractivity contribution in [1.29, 1.82) is 0 Å². The smallest absolute Gasteiger partial charge is 0.320 e. The summed E-state index contributed by atoms with van der Waals surface area (Å²) < 4.78 is 0. The quantitative estimate of drug-likeness (QED) is 0.340. The lowest BCUT2D eigenvalue weighted by Gasteiger charge is -2.14. The first-order chi connectivity index (χ1) is 14.6. The molecule has 170 valence electrons. The minimum atomic E-state index is -0.933. The number of nitrogens with one attached hydrogen (secondary N) is 1. The molecule has 7 nitrogen and oxygen atoms in total. The number of nitrogens with two attached hydrogens (primary N) is 2. The third-order valence-corrected chi connectivity index (χ3v) is 5.38. The van der Waals surface area contributed by atoms with Crippen molar-refractivity contribution < 1.29 is 19.8 Å². The van der Waals surface area contributed by atoms with Crippen LogP contribution >= 0.6 is 23.2 Å². The first-order valence-electron chi connectivity index (χ1n) is 9.78. The summed E-state index contributed by atoms with van der Waals surface area (Å²) in [5, 5.41) is 21.7. The van der Waals surface area contributed by atoms with E-state index in [0.29, 0.717) is 34.3 Å². The van der Waals surface area contributed by atoms with E-state index in [-0.39, 0.29) is 6.42 Å². The molecule has 0 radical (unpaired) electrons. The van der Waals surface area contributed by atoms with Gasteiger partial charge in [-0.1, -0.05) is 47.3 Å². The zero-order valence-electron chi connectivity index (χ0n) is 17.6. The molecular weight excluding hydrogens is 441 g/mol. The number of hydrogen-bond acceptors (Lipinski definition) is 5. The average molecular weight is 470 g/mol. The molecule has 0 amide bonds. The Balaban J connectivity index is 0.000000407. The van der Waals surface area contributed by atoms with E-state index in [1.54, 1.807) is 12.1 Å². The first kappa shape index (κ1) is 26.7. The zero-order valence-corrected chi connectivity index (χ0v) is 19.1. The minimum absolute atomic E-state index is 0.0474. The molecule has 7 N–H and O–H groups in total. The fraction of sp³-hybridized carbons (Fsp3) is 0.364. The highest BCUT2D eigenvalue weighted by molar-refractivity contribution is 6.37. The van der Waals surface area contributed by atoms with Crippen molar-refractivity contribution in [3.63, 3.8) is 0 Å². The van der Waals surface area contributed by atoms with Crippen LogP contribution in [-0.2, 0) is 16.0 Å². The highest BCUT2D eigenvalue weighted by atomic mass is 35.5. The van der Waals surface area contributed by atoms with Crippen molar-refractivity contribution in [2.45, 2.75) is 45.6 Å². The Labute approximate surface area is 192 Å². The van der Waals surface area contributed by atoms with Crippen molar-refractivity contribution in [2.75, 3.05) is 11.9 Å². The Morgan fingerprint density at radius 2 is 1.71 bits per heavy atom. The highest BCUT2D eigenvalue weighted by Crippen LogP contribution is 2.33. The standard InChI is InChI=1S/C16H15Cl2NO2.C6H14N2O2/c1-9-3-5-13(11(7-9)8-15(20)21)19-14-6-4-12(17)10(2)16(14)18;7-4-2-1-3-5(8)6(9)10/h3-7,19H,8H2,1-2H3,(H,20,21);5H,1-4,7-8H2,(H,9,10)/t;5-/m.0/s1. The molecule has 31 heavy (non-hydrogen) atoms. The van der Waals surface area contributed by atoms with Gasteiger partial charge in [0.05, 0.1) is 17.1 Å². The van der Waals surface area contributed by atoms with Crippen LogP contribution in [0.15, 0.2) is 30.3 Å². The molecule has 0 aliphatic carbocycles. The van der Waals surface area contributed by atoms with Crippen molar-refractivity contribution in [3.05, 3.63) is 57.1 Å². The van der Waals surface area contributed by atoms with Crippen LogP contribution in [0.5, 0.6) is 0 Å². The molecule has 0 saturated carbocycles. The Bertz CT molecular complexity index is 907. The summed E-state index contributed by atoms with van der Waals surface area (Å²) >= 11 is 12.3. The van der Waals surface area contributed by atoms with E-state index in [1.165, 1.54) is 0 Å². The van der Waals surface area contributed by atoms with E-state index in [4.69, 9.17) is 44.9 Å². The number of unbranched alkanes of at least 4 members (excludes halogenated alkanes) is 1. The lowest BCUT2D eigenvalue weighted by molar-refractivity contribution is -0.139. The predicted molar refractivity (Wildman–Crippen MR) is 126 cm³/mol. The summed E-state index contributed by atoms with van der Waals surface area (Å²) in [6.45, 7) is 4.37. The van der Waals surface area contributed by atoms with Crippen LogP contribution in [0.25, 0.3) is 0 Å². The molecule has 0 aliphatic heterocycles. The predicted octanol–water partition coefficient (Wildman–Crippen LogP) is 4.51.